The summed E-state index contributed by atoms with van der Waals surface area (Å²) < 4.78 is 0. The molecule has 0 atom stereocenters. The van der Waals surface area contributed by atoms with Crippen molar-refractivity contribution < 1.29 is 24.7 Å². The minimum Gasteiger partial charge on any atom is -0.450 e. The third-order valence-electron chi connectivity index (χ3n) is 3.32. The molecule has 1 aliphatic rings. The van der Waals surface area contributed by atoms with Crippen molar-refractivity contribution in [1.29, 1.82) is 0 Å². The van der Waals surface area contributed by atoms with E-state index in [1.54, 1.807) is 12.1 Å². The van der Waals surface area contributed by atoms with Crippen LogP contribution in [0.1, 0.15) is 42.5 Å². The van der Waals surface area contributed by atoms with Gasteiger partial charge in [0.25, 0.3) is 5.69 Å². The molecule has 0 amide bonds. The number of hydrogen-bond donors (Lipinski definition) is 2. The number of hydrogen-bond acceptors (Lipinski definition) is 4. The molecule has 1 aliphatic carbocycles. The highest BCUT2D eigenvalue weighted by Crippen LogP contribution is 2.27. The SMILES string of the molecule is O=C(O)O.O=C(c1cccc([N+](=O)[O-])c1)C1CCCCC1. The monoisotopic (exact) mass is 295 g/mol. The normalized spacial score (nSPS) is 14.7. The number of Topliss-reactive ketones (excluding diaryl/α,β-unsaturated/α-hetero) is 1. The Morgan fingerprint density at radius 3 is 2.24 bits per heavy atom. The fourth-order valence-electron chi connectivity index (χ4n) is 2.37. The van der Waals surface area contributed by atoms with Crippen molar-refractivity contribution in [2.24, 2.45) is 5.92 Å². The molecule has 0 aromatic heterocycles. The molecular formula is C14H17NO6. The summed E-state index contributed by atoms with van der Waals surface area (Å²) in [5.74, 6) is 0.124. The van der Waals surface area contributed by atoms with Crippen molar-refractivity contribution in [3.8, 4) is 0 Å². The lowest BCUT2D eigenvalue weighted by molar-refractivity contribution is -0.384. The molecule has 21 heavy (non-hydrogen) atoms. The van der Waals surface area contributed by atoms with Gasteiger partial charge in [-0.25, -0.2) is 4.79 Å². The molecule has 0 unspecified atom stereocenters. The highest BCUT2D eigenvalue weighted by molar-refractivity contribution is 5.98. The zero-order valence-electron chi connectivity index (χ0n) is 11.4. The molecule has 1 fully saturated rings. The molecule has 114 valence electrons. The first-order valence-electron chi connectivity index (χ1n) is 6.62. The van der Waals surface area contributed by atoms with Gasteiger partial charge in [0.05, 0.1) is 4.92 Å². The average molecular weight is 295 g/mol. The smallest absolute Gasteiger partial charge is 0.450 e. The number of rotatable bonds is 3. The lowest BCUT2D eigenvalue weighted by Gasteiger charge is -2.20. The van der Waals surface area contributed by atoms with Crippen LogP contribution in [0.2, 0.25) is 0 Å². The van der Waals surface area contributed by atoms with E-state index in [1.165, 1.54) is 18.6 Å². The zero-order chi connectivity index (χ0) is 15.8. The Hall–Kier alpha value is -2.44. The van der Waals surface area contributed by atoms with Gasteiger partial charge >= 0.3 is 6.16 Å². The Kier molecular flexibility index (Phi) is 6.32. The quantitative estimate of drug-likeness (QED) is 0.500. The third kappa shape index (κ3) is 5.60. The molecule has 0 radical (unpaired) electrons. The molecule has 1 aromatic rings. The predicted octanol–water partition coefficient (Wildman–Crippen LogP) is 3.58. The van der Waals surface area contributed by atoms with Crippen molar-refractivity contribution in [1.82, 2.24) is 0 Å². The molecule has 0 spiro atoms. The van der Waals surface area contributed by atoms with E-state index in [-0.39, 0.29) is 17.4 Å². The van der Waals surface area contributed by atoms with Crippen molar-refractivity contribution >= 4 is 17.6 Å². The zero-order valence-corrected chi connectivity index (χ0v) is 11.4. The van der Waals surface area contributed by atoms with Crippen LogP contribution in [0, 0.1) is 16.0 Å². The van der Waals surface area contributed by atoms with E-state index >= 15 is 0 Å². The molecule has 0 heterocycles. The molecule has 0 aliphatic heterocycles. The number of nitro benzene ring substituents is 1. The van der Waals surface area contributed by atoms with Crippen molar-refractivity contribution in [2.45, 2.75) is 32.1 Å². The fraction of sp³-hybridized carbons (Fsp3) is 0.429. The molecule has 7 heteroatoms. The Bertz CT molecular complexity index is 518. The number of carbonyl (C=O) groups is 2. The molecule has 2 rings (SSSR count). The summed E-state index contributed by atoms with van der Waals surface area (Å²) in [6, 6.07) is 6.05. The summed E-state index contributed by atoms with van der Waals surface area (Å²) in [6.45, 7) is 0. The molecule has 7 nitrogen and oxygen atoms in total. The molecule has 2 N–H and O–H groups in total. The van der Waals surface area contributed by atoms with Gasteiger partial charge in [-0.3, -0.25) is 14.9 Å². The Balaban J connectivity index is 0.000000491. The maximum Gasteiger partial charge on any atom is 0.503 e. The van der Waals surface area contributed by atoms with Crippen LogP contribution in [-0.2, 0) is 0 Å². The second kappa shape index (κ2) is 7.98. The number of ketones is 1. The van der Waals surface area contributed by atoms with Crippen molar-refractivity contribution in [2.75, 3.05) is 0 Å². The number of carboxylic acid groups (broad SMARTS) is 2. The summed E-state index contributed by atoms with van der Waals surface area (Å²) in [6.07, 6.45) is 3.37. The maximum atomic E-state index is 12.2. The minimum absolute atomic E-state index is 0.00772. The molecule has 1 saturated carbocycles. The number of nitrogens with zero attached hydrogens (tertiary/aromatic N) is 1. The number of benzene rings is 1. The van der Waals surface area contributed by atoms with Crippen LogP contribution in [-0.4, -0.2) is 27.1 Å². The Morgan fingerprint density at radius 1 is 1.14 bits per heavy atom. The van der Waals surface area contributed by atoms with Gasteiger partial charge in [0, 0.05) is 23.6 Å². The van der Waals surface area contributed by atoms with Crippen LogP contribution in [0.25, 0.3) is 0 Å². The highest BCUT2D eigenvalue weighted by Gasteiger charge is 2.23. The second-order valence-corrected chi connectivity index (χ2v) is 4.79. The topological polar surface area (TPSA) is 118 Å². The fourth-order valence-corrected chi connectivity index (χ4v) is 2.37. The van der Waals surface area contributed by atoms with Crippen molar-refractivity contribution in [3.63, 3.8) is 0 Å². The minimum atomic E-state index is -1.83. The number of non-ortho nitro benzene ring substituents is 1. The lowest BCUT2D eigenvalue weighted by Crippen LogP contribution is -2.17. The van der Waals surface area contributed by atoms with Gasteiger partial charge in [0.2, 0.25) is 0 Å². The summed E-state index contributed by atoms with van der Waals surface area (Å²) in [4.78, 5) is 30.9. The largest absolute Gasteiger partial charge is 0.503 e. The lowest BCUT2D eigenvalue weighted by atomic mass is 9.84. The van der Waals surface area contributed by atoms with Crippen LogP contribution in [0.5, 0.6) is 0 Å². The highest BCUT2D eigenvalue weighted by atomic mass is 16.6. The van der Waals surface area contributed by atoms with Crippen LogP contribution >= 0.6 is 0 Å². The van der Waals surface area contributed by atoms with Gasteiger partial charge in [0.1, 0.15) is 0 Å². The van der Waals surface area contributed by atoms with Gasteiger partial charge in [-0.1, -0.05) is 31.4 Å². The maximum absolute atomic E-state index is 12.2. The van der Waals surface area contributed by atoms with E-state index in [0.717, 1.165) is 25.7 Å². The number of nitro groups is 1. The van der Waals surface area contributed by atoms with E-state index in [2.05, 4.69) is 0 Å². The van der Waals surface area contributed by atoms with Gasteiger partial charge < -0.3 is 10.2 Å². The summed E-state index contributed by atoms with van der Waals surface area (Å²) in [7, 11) is 0. The molecular weight excluding hydrogens is 278 g/mol. The Morgan fingerprint density at radius 2 is 1.71 bits per heavy atom. The summed E-state index contributed by atoms with van der Waals surface area (Å²) in [5, 5.41) is 24.6. The van der Waals surface area contributed by atoms with E-state index in [9.17, 15) is 14.9 Å². The Labute approximate surface area is 121 Å². The van der Waals surface area contributed by atoms with E-state index in [4.69, 9.17) is 15.0 Å². The van der Waals surface area contributed by atoms with Crippen LogP contribution in [0.3, 0.4) is 0 Å². The van der Waals surface area contributed by atoms with Crippen LogP contribution in [0.4, 0.5) is 10.5 Å². The van der Waals surface area contributed by atoms with Crippen molar-refractivity contribution in [3.05, 3.63) is 39.9 Å². The van der Waals surface area contributed by atoms with E-state index < -0.39 is 11.1 Å². The second-order valence-electron chi connectivity index (χ2n) is 4.79. The molecule has 0 saturated heterocycles. The first kappa shape index (κ1) is 16.6. The van der Waals surface area contributed by atoms with Gasteiger partial charge in [0.15, 0.2) is 5.78 Å². The van der Waals surface area contributed by atoms with Gasteiger partial charge in [-0.2, -0.15) is 0 Å². The predicted molar refractivity (Wildman–Crippen MR) is 74.7 cm³/mol. The van der Waals surface area contributed by atoms with E-state index in [0.29, 0.717) is 5.56 Å². The van der Waals surface area contributed by atoms with E-state index in [1.807, 2.05) is 0 Å². The molecule has 0 bridgehead atoms. The first-order valence-corrected chi connectivity index (χ1v) is 6.62. The number of carbonyl (C=O) groups excluding carboxylic acids is 1. The summed E-state index contributed by atoms with van der Waals surface area (Å²) >= 11 is 0. The van der Waals surface area contributed by atoms with Gasteiger partial charge in [-0.15, -0.1) is 0 Å². The third-order valence-corrected chi connectivity index (χ3v) is 3.32. The molecule has 1 aromatic carbocycles. The first-order chi connectivity index (χ1) is 9.91. The van der Waals surface area contributed by atoms with Gasteiger partial charge in [-0.05, 0) is 12.8 Å². The standard InChI is InChI=1S/C13H15NO3.CH2O3/c15-13(10-5-2-1-3-6-10)11-7-4-8-12(9-11)14(16)17;2-1(3)4/h4,7-10H,1-3,5-6H2;(H2,2,3,4). The summed E-state index contributed by atoms with van der Waals surface area (Å²) in [5.41, 5.74) is 0.470. The van der Waals surface area contributed by atoms with Crippen LogP contribution < -0.4 is 0 Å². The average Bonchev–Trinajstić information content (AvgIpc) is 2.47. The van der Waals surface area contributed by atoms with Crippen LogP contribution in [0.15, 0.2) is 24.3 Å².